The largest absolute Gasteiger partial charge is 0.377 e. The summed E-state index contributed by atoms with van der Waals surface area (Å²) in [5.41, 5.74) is 2.97. The fourth-order valence-corrected chi connectivity index (χ4v) is 1.90. The van der Waals surface area contributed by atoms with E-state index in [-0.39, 0.29) is 11.9 Å². The van der Waals surface area contributed by atoms with Crippen molar-refractivity contribution in [3.63, 3.8) is 0 Å². The van der Waals surface area contributed by atoms with Crippen LogP contribution in [0.5, 0.6) is 0 Å². The van der Waals surface area contributed by atoms with Gasteiger partial charge in [0, 0.05) is 19.1 Å². The van der Waals surface area contributed by atoms with Gasteiger partial charge in [-0.05, 0) is 24.1 Å². The van der Waals surface area contributed by atoms with Crippen molar-refractivity contribution in [2.45, 2.75) is 19.4 Å². The first-order chi connectivity index (χ1) is 7.22. The molecule has 0 unspecified atom stereocenters. The number of carbonyl (C=O) groups is 1. The van der Waals surface area contributed by atoms with Crippen molar-refractivity contribution < 1.29 is 9.53 Å². The van der Waals surface area contributed by atoms with Gasteiger partial charge in [-0.1, -0.05) is 24.3 Å². The van der Waals surface area contributed by atoms with Crippen molar-refractivity contribution >= 4 is 11.4 Å². The van der Waals surface area contributed by atoms with Gasteiger partial charge in [-0.3, -0.25) is 4.79 Å². The van der Waals surface area contributed by atoms with E-state index >= 15 is 0 Å². The molecule has 1 aromatic carbocycles. The van der Waals surface area contributed by atoms with E-state index in [1.54, 1.807) is 7.11 Å². The van der Waals surface area contributed by atoms with Gasteiger partial charge in [-0.25, -0.2) is 0 Å². The number of hydrogen-bond donors (Lipinski definition) is 0. The molecular formula is C13H14O2. The zero-order valence-corrected chi connectivity index (χ0v) is 8.99. The van der Waals surface area contributed by atoms with E-state index < -0.39 is 0 Å². The number of benzene rings is 1. The lowest BCUT2D eigenvalue weighted by Gasteiger charge is -2.04. The molecule has 2 nitrogen and oxygen atoms in total. The van der Waals surface area contributed by atoms with Crippen LogP contribution in [-0.2, 0) is 9.53 Å². The molecule has 0 saturated carbocycles. The number of carbonyl (C=O) groups excluding carboxylic acids is 1. The quantitative estimate of drug-likeness (QED) is 0.736. The maximum Gasteiger partial charge on any atom is 0.166 e. The average molecular weight is 202 g/mol. The second-order valence-corrected chi connectivity index (χ2v) is 3.80. The SMILES string of the molecule is CO[C@H]1C=C(c2ccccc2C)C(=O)C1. The lowest BCUT2D eigenvalue weighted by Crippen LogP contribution is -2.05. The lowest BCUT2D eigenvalue weighted by molar-refractivity contribution is -0.114. The van der Waals surface area contributed by atoms with Gasteiger partial charge in [0.15, 0.2) is 5.78 Å². The molecule has 0 radical (unpaired) electrons. The van der Waals surface area contributed by atoms with Crippen LogP contribution >= 0.6 is 0 Å². The van der Waals surface area contributed by atoms with Gasteiger partial charge in [0.05, 0.1) is 6.10 Å². The van der Waals surface area contributed by atoms with Crippen LogP contribution in [0.2, 0.25) is 0 Å². The topological polar surface area (TPSA) is 26.3 Å². The third-order valence-corrected chi connectivity index (χ3v) is 2.78. The molecule has 0 heterocycles. The molecule has 2 rings (SSSR count). The van der Waals surface area contributed by atoms with Crippen LogP contribution in [0.15, 0.2) is 30.3 Å². The number of allylic oxidation sites excluding steroid dienone is 1. The number of hydrogen-bond acceptors (Lipinski definition) is 2. The van der Waals surface area contributed by atoms with Gasteiger partial charge in [0.1, 0.15) is 0 Å². The molecule has 1 aliphatic carbocycles. The Morgan fingerprint density at radius 1 is 1.33 bits per heavy atom. The highest BCUT2D eigenvalue weighted by molar-refractivity contribution is 6.23. The minimum Gasteiger partial charge on any atom is -0.377 e. The molecule has 0 saturated heterocycles. The van der Waals surface area contributed by atoms with Gasteiger partial charge >= 0.3 is 0 Å². The second kappa shape index (κ2) is 3.99. The highest BCUT2D eigenvalue weighted by Crippen LogP contribution is 2.28. The molecule has 15 heavy (non-hydrogen) atoms. The summed E-state index contributed by atoms with van der Waals surface area (Å²) in [4.78, 5) is 11.7. The number of ether oxygens (including phenoxy) is 1. The van der Waals surface area contributed by atoms with Crippen molar-refractivity contribution in [2.24, 2.45) is 0 Å². The molecule has 2 heteroatoms. The third kappa shape index (κ3) is 1.85. The molecule has 1 aliphatic rings. The zero-order chi connectivity index (χ0) is 10.8. The van der Waals surface area contributed by atoms with Crippen molar-refractivity contribution in [2.75, 3.05) is 7.11 Å². The summed E-state index contributed by atoms with van der Waals surface area (Å²) in [6, 6.07) is 7.93. The molecule has 0 aliphatic heterocycles. The van der Waals surface area contributed by atoms with Crippen LogP contribution < -0.4 is 0 Å². The minimum absolute atomic E-state index is 0.0490. The molecule has 0 fully saturated rings. The number of methoxy groups -OCH3 is 1. The van der Waals surface area contributed by atoms with Gasteiger partial charge in [0.2, 0.25) is 0 Å². The molecule has 0 amide bonds. The molecular weight excluding hydrogens is 188 g/mol. The Hall–Kier alpha value is -1.41. The predicted molar refractivity (Wildman–Crippen MR) is 59.6 cm³/mol. The Morgan fingerprint density at radius 3 is 2.67 bits per heavy atom. The van der Waals surface area contributed by atoms with E-state index in [1.807, 2.05) is 37.3 Å². The molecule has 1 atom stereocenters. The first kappa shape index (κ1) is 10.1. The van der Waals surface area contributed by atoms with Crippen molar-refractivity contribution in [1.82, 2.24) is 0 Å². The Bertz CT molecular complexity index is 418. The zero-order valence-electron chi connectivity index (χ0n) is 8.99. The lowest BCUT2D eigenvalue weighted by atomic mass is 10.00. The maximum absolute atomic E-state index is 11.7. The van der Waals surface area contributed by atoms with Gasteiger partial charge < -0.3 is 4.74 Å². The van der Waals surface area contributed by atoms with E-state index in [0.717, 1.165) is 16.7 Å². The van der Waals surface area contributed by atoms with Crippen molar-refractivity contribution in [3.05, 3.63) is 41.5 Å². The van der Waals surface area contributed by atoms with Crippen LogP contribution in [0.1, 0.15) is 17.5 Å². The van der Waals surface area contributed by atoms with Crippen molar-refractivity contribution in [3.8, 4) is 0 Å². The standard InChI is InChI=1S/C13H14O2/c1-9-5-3-4-6-11(9)12-7-10(15-2)8-13(12)14/h3-7,10H,8H2,1-2H3/t10-/m0/s1. The monoisotopic (exact) mass is 202 g/mol. The van der Waals surface area contributed by atoms with E-state index in [0.29, 0.717) is 6.42 Å². The summed E-state index contributed by atoms with van der Waals surface area (Å²) in [7, 11) is 1.63. The third-order valence-electron chi connectivity index (χ3n) is 2.78. The fourth-order valence-electron chi connectivity index (χ4n) is 1.90. The van der Waals surface area contributed by atoms with Gasteiger partial charge in [0.25, 0.3) is 0 Å². The highest BCUT2D eigenvalue weighted by atomic mass is 16.5. The average Bonchev–Trinajstić information content (AvgIpc) is 2.60. The van der Waals surface area contributed by atoms with Crippen LogP contribution in [0.4, 0.5) is 0 Å². The Labute approximate surface area is 89.6 Å². The second-order valence-electron chi connectivity index (χ2n) is 3.80. The highest BCUT2D eigenvalue weighted by Gasteiger charge is 2.25. The van der Waals surface area contributed by atoms with Crippen molar-refractivity contribution in [1.29, 1.82) is 0 Å². The Balaban J connectivity index is 2.40. The summed E-state index contributed by atoms with van der Waals surface area (Å²) < 4.78 is 5.18. The molecule has 0 N–H and O–H groups in total. The smallest absolute Gasteiger partial charge is 0.166 e. The van der Waals surface area contributed by atoms with Gasteiger partial charge in [-0.15, -0.1) is 0 Å². The summed E-state index contributed by atoms with van der Waals surface area (Å²) >= 11 is 0. The molecule has 0 aromatic heterocycles. The van der Waals surface area contributed by atoms with Crippen LogP contribution in [0.3, 0.4) is 0 Å². The molecule has 0 bridgehead atoms. The summed E-state index contributed by atoms with van der Waals surface area (Å²) in [5, 5.41) is 0. The fraction of sp³-hybridized carbons (Fsp3) is 0.308. The summed E-state index contributed by atoms with van der Waals surface area (Å²) in [6.07, 6.45) is 2.34. The molecule has 0 spiro atoms. The van der Waals surface area contributed by atoms with E-state index in [1.165, 1.54) is 0 Å². The van der Waals surface area contributed by atoms with Crippen LogP contribution in [0, 0.1) is 6.92 Å². The van der Waals surface area contributed by atoms with E-state index in [4.69, 9.17) is 4.74 Å². The van der Waals surface area contributed by atoms with Gasteiger partial charge in [-0.2, -0.15) is 0 Å². The predicted octanol–water partition coefficient (Wildman–Crippen LogP) is 2.37. The Kier molecular flexibility index (Phi) is 2.69. The number of Topliss-reactive ketones (excluding diaryl/α,β-unsaturated/α-hetero) is 1. The number of ketones is 1. The Morgan fingerprint density at radius 2 is 2.07 bits per heavy atom. The number of rotatable bonds is 2. The van der Waals surface area contributed by atoms with Crippen LogP contribution in [0.25, 0.3) is 5.57 Å². The minimum atomic E-state index is -0.0490. The van der Waals surface area contributed by atoms with E-state index in [9.17, 15) is 4.79 Å². The maximum atomic E-state index is 11.7. The van der Waals surface area contributed by atoms with Crippen LogP contribution in [-0.4, -0.2) is 19.0 Å². The molecule has 1 aromatic rings. The summed E-state index contributed by atoms with van der Waals surface area (Å²) in [6.45, 7) is 2.02. The first-order valence-corrected chi connectivity index (χ1v) is 5.06. The van der Waals surface area contributed by atoms with E-state index in [2.05, 4.69) is 0 Å². The summed E-state index contributed by atoms with van der Waals surface area (Å²) in [5.74, 6) is 0.177. The number of aryl methyl sites for hydroxylation is 1. The molecule has 78 valence electrons. The first-order valence-electron chi connectivity index (χ1n) is 5.06. The normalized spacial score (nSPS) is 20.5.